The van der Waals surface area contributed by atoms with Gasteiger partial charge in [0.15, 0.2) is 5.89 Å². The molecule has 1 aromatic carbocycles. The molecule has 150 valence electrons. The van der Waals surface area contributed by atoms with Gasteiger partial charge in [0.25, 0.3) is 5.91 Å². The van der Waals surface area contributed by atoms with Gasteiger partial charge >= 0.3 is 0 Å². The van der Waals surface area contributed by atoms with Crippen molar-refractivity contribution in [2.24, 2.45) is 0 Å². The molecular weight excluding hydrogens is 368 g/mol. The van der Waals surface area contributed by atoms with E-state index in [0.717, 1.165) is 24.1 Å². The summed E-state index contributed by atoms with van der Waals surface area (Å²) >= 11 is 0. The molecule has 1 amide bonds. The Bertz CT molecular complexity index is 1010. The highest BCUT2D eigenvalue weighted by Crippen LogP contribution is 2.33. The zero-order valence-corrected chi connectivity index (χ0v) is 16.9. The largest absolute Gasteiger partial charge is 0.437 e. The second-order valence-electron chi connectivity index (χ2n) is 7.40. The summed E-state index contributed by atoms with van der Waals surface area (Å²) < 4.78 is 11.5. The molecule has 1 atom stereocenters. The molecule has 3 aromatic rings. The normalized spacial score (nSPS) is 16.7. The molecule has 0 radical (unpaired) electrons. The molecular formula is C22H24N4O3. The van der Waals surface area contributed by atoms with Crippen molar-refractivity contribution in [2.45, 2.75) is 39.5 Å². The summed E-state index contributed by atoms with van der Waals surface area (Å²) in [6.45, 7) is 6.80. The maximum atomic E-state index is 12.9. The van der Waals surface area contributed by atoms with E-state index >= 15 is 0 Å². The number of carbonyl (C=O) groups excluding carboxylic acids is 1. The maximum Gasteiger partial charge on any atom is 0.291 e. The Morgan fingerprint density at radius 3 is 2.62 bits per heavy atom. The van der Waals surface area contributed by atoms with E-state index in [0.29, 0.717) is 42.1 Å². The molecule has 0 unspecified atom stereocenters. The number of aromatic nitrogens is 3. The minimum absolute atomic E-state index is 0.0474. The van der Waals surface area contributed by atoms with Crippen LogP contribution in [0, 0.1) is 20.8 Å². The lowest BCUT2D eigenvalue weighted by molar-refractivity contribution is 0.0670. The lowest BCUT2D eigenvalue weighted by Crippen LogP contribution is -2.39. The Morgan fingerprint density at radius 1 is 1.14 bits per heavy atom. The highest BCUT2D eigenvalue weighted by Gasteiger charge is 2.31. The van der Waals surface area contributed by atoms with Gasteiger partial charge in [0.1, 0.15) is 11.4 Å². The van der Waals surface area contributed by atoms with Crippen molar-refractivity contribution in [1.82, 2.24) is 19.9 Å². The van der Waals surface area contributed by atoms with Crippen molar-refractivity contribution in [3.05, 3.63) is 65.3 Å². The van der Waals surface area contributed by atoms with Crippen LogP contribution in [0.2, 0.25) is 0 Å². The van der Waals surface area contributed by atoms with Crippen LogP contribution >= 0.6 is 0 Å². The Hall–Kier alpha value is -3.22. The smallest absolute Gasteiger partial charge is 0.291 e. The quantitative estimate of drug-likeness (QED) is 0.662. The number of carbonyl (C=O) groups is 1. The second-order valence-corrected chi connectivity index (χ2v) is 7.40. The third kappa shape index (κ3) is 4.13. The lowest BCUT2D eigenvalue weighted by Gasteiger charge is -2.32. The standard InChI is InChI=1S/C22H24N4O3/c1-14-6-8-18(9-7-14)29-21-19(23-10-11-24-21)17-5-4-12-26(13-17)22(27)20-15(2)25-16(3)28-20/h6-11,17H,4-5,12-13H2,1-3H3/t17-/m0/s1. The van der Waals surface area contributed by atoms with E-state index in [1.165, 1.54) is 0 Å². The van der Waals surface area contributed by atoms with Gasteiger partial charge in [0, 0.05) is 38.3 Å². The van der Waals surface area contributed by atoms with Gasteiger partial charge in [-0.3, -0.25) is 9.78 Å². The molecule has 1 aliphatic heterocycles. The van der Waals surface area contributed by atoms with E-state index in [1.54, 1.807) is 26.2 Å². The Balaban J connectivity index is 1.55. The van der Waals surface area contributed by atoms with Gasteiger partial charge in [0.2, 0.25) is 11.6 Å². The second kappa shape index (κ2) is 8.03. The molecule has 4 rings (SSSR count). The molecule has 29 heavy (non-hydrogen) atoms. The van der Waals surface area contributed by atoms with Gasteiger partial charge in [0.05, 0.1) is 5.69 Å². The molecule has 0 spiro atoms. The predicted molar refractivity (Wildman–Crippen MR) is 107 cm³/mol. The average Bonchev–Trinajstić information content (AvgIpc) is 3.07. The van der Waals surface area contributed by atoms with Crippen molar-refractivity contribution < 1.29 is 13.9 Å². The van der Waals surface area contributed by atoms with E-state index in [2.05, 4.69) is 15.0 Å². The Kier molecular flexibility index (Phi) is 5.29. The van der Waals surface area contributed by atoms with Crippen molar-refractivity contribution in [3.63, 3.8) is 0 Å². The molecule has 1 aliphatic rings. The van der Waals surface area contributed by atoms with Gasteiger partial charge in [-0.2, -0.15) is 0 Å². The number of nitrogens with zero attached hydrogens (tertiary/aromatic N) is 4. The van der Waals surface area contributed by atoms with Crippen LogP contribution in [0.3, 0.4) is 0 Å². The average molecular weight is 392 g/mol. The summed E-state index contributed by atoms with van der Waals surface area (Å²) in [7, 11) is 0. The van der Waals surface area contributed by atoms with Gasteiger partial charge in [-0.15, -0.1) is 0 Å². The van der Waals surface area contributed by atoms with Crippen LogP contribution in [-0.2, 0) is 0 Å². The molecule has 1 fully saturated rings. The van der Waals surface area contributed by atoms with Gasteiger partial charge in [-0.25, -0.2) is 9.97 Å². The zero-order chi connectivity index (χ0) is 20.4. The van der Waals surface area contributed by atoms with Crippen LogP contribution < -0.4 is 4.74 Å². The highest BCUT2D eigenvalue weighted by molar-refractivity contribution is 5.92. The van der Waals surface area contributed by atoms with Crippen LogP contribution in [-0.4, -0.2) is 38.8 Å². The minimum Gasteiger partial charge on any atom is -0.437 e. The fraction of sp³-hybridized carbons (Fsp3) is 0.364. The van der Waals surface area contributed by atoms with Crippen molar-refractivity contribution in [2.75, 3.05) is 13.1 Å². The van der Waals surface area contributed by atoms with E-state index in [1.807, 2.05) is 36.1 Å². The predicted octanol–water partition coefficient (Wildman–Crippen LogP) is 4.20. The summed E-state index contributed by atoms with van der Waals surface area (Å²) in [5.41, 5.74) is 2.56. The first-order valence-electron chi connectivity index (χ1n) is 9.80. The van der Waals surface area contributed by atoms with Crippen molar-refractivity contribution in [1.29, 1.82) is 0 Å². The first kappa shape index (κ1) is 19.1. The first-order chi connectivity index (χ1) is 14.0. The molecule has 0 saturated carbocycles. The monoisotopic (exact) mass is 392 g/mol. The minimum atomic E-state index is -0.127. The van der Waals surface area contributed by atoms with Gasteiger partial charge in [-0.05, 0) is 38.8 Å². The van der Waals surface area contributed by atoms with Crippen LogP contribution in [0.5, 0.6) is 11.6 Å². The molecule has 0 bridgehead atoms. The van der Waals surface area contributed by atoms with Crippen molar-refractivity contribution in [3.8, 4) is 11.6 Å². The lowest BCUT2D eigenvalue weighted by atomic mass is 9.94. The SMILES string of the molecule is Cc1ccc(Oc2nccnc2[C@H]2CCCN(C(=O)c3oc(C)nc3C)C2)cc1. The number of piperidine rings is 1. The van der Waals surface area contributed by atoms with E-state index < -0.39 is 0 Å². The van der Waals surface area contributed by atoms with Crippen LogP contribution in [0.25, 0.3) is 0 Å². The summed E-state index contributed by atoms with van der Waals surface area (Å²) in [5, 5.41) is 0. The van der Waals surface area contributed by atoms with Crippen LogP contribution in [0.1, 0.15) is 52.2 Å². The zero-order valence-electron chi connectivity index (χ0n) is 16.9. The third-order valence-corrected chi connectivity index (χ3v) is 5.12. The number of amides is 1. The van der Waals surface area contributed by atoms with E-state index in [-0.39, 0.29) is 11.8 Å². The Labute approximate surface area is 169 Å². The third-order valence-electron chi connectivity index (χ3n) is 5.12. The molecule has 3 heterocycles. The summed E-state index contributed by atoms with van der Waals surface area (Å²) in [6.07, 6.45) is 5.09. The molecule has 1 saturated heterocycles. The number of ether oxygens (including phenoxy) is 1. The van der Waals surface area contributed by atoms with Crippen LogP contribution in [0.4, 0.5) is 0 Å². The molecule has 7 heteroatoms. The number of likely N-dealkylation sites (tertiary alicyclic amines) is 1. The van der Waals surface area contributed by atoms with Gasteiger partial charge in [-0.1, -0.05) is 17.7 Å². The van der Waals surface area contributed by atoms with E-state index in [4.69, 9.17) is 9.15 Å². The number of hydrogen-bond acceptors (Lipinski definition) is 6. The number of aryl methyl sites for hydroxylation is 3. The molecule has 7 nitrogen and oxygen atoms in total. The fourth-order valence-corrected chi connectivity index (χ4v) is 3.67. The van der Waals surface area contributed by atoms with Gasteiger partial charge < -0.3 is 14.1 Å². The molecule has 0 aliphatic carbocycles. The summed E-state index contributed by atoms with van der Waals surface area (Å²) in [5.74, 6) is 1.95. The molecule has 2 aromatic heterocycles. The maximum absolute atomic E-state index is 12.9. The fourth-order valence-electron chi connectivity index (χ4n) is 3.67. The summed E-state index contributed by atoms with van der Waals surface area (Å²) in [6, 6.07) is 7.82. The molecule has 0 N–H and O–H groups in total. The summed E-state index contributed by atoms with van der Waals surface area (Å²) in [4.78, 5) is 27.9. The van der Waals surface area contributed by atoms with Crippen molar-refractivity contribution >= 4 is 5.91 Å². The Morgan fingerprint density at radius 2 is 1.90 bits per heavy atom. The van der Waals surface area contributed by atoms with E-state index in [9.17, 15) is 4.79 Å². The number of hydrogen-bond donors (Lipinski definition) is 0. The first-order valence-corrected chi connectivity index (χ1v) is 9.80. The number of benzene rings is 1. The van der Waals surface area contributed by atoms with Crippen LogP contribution in [0.15, 0.2) is 41.1 Å². The highest BCUT2D eigenvalue weighted by atomic mass is 16.5. The number of rotatable bonds is 4. The number of oxazole rings is 1. The topological polar surface area (TPSA) is 81.4 Å².